The zero-order valence-electron chi connectivity index (χ0n) is 12.9. The lowest BCUT2D eigenvalue weighted by molar-refractivity contribution is 0.0633. The van der Waals surface area contributed by atoms with Gasteiger partial charge in [0.1, 0.15) is 0 Å². The first-order valence-corrected chi connectivity index (χ1v) is 8.79. The number of fused-ring (bicyclic) bond motifs is 1. The molecule has 3 heterocycles. The van der Waals surface area contributed by atoms with Crippen molar-refractivity contribution in [3.8, 4) is 0 Å². The molecule has 1 aliphatic rings. The van der Waals surface area contributed by atoms with Gasteiger partial charge < -0.3 is 9.88 Å². The maximum atomic E-state index is 12.4. The number of nitrogens with zero attached hydrogens (tertiary/aromatic N) is 2. The summed E-state index contributed by atoms with van der Waals surface area (Å²) in [6.07, 6.45) is 2.11. The van der Waals surface area contributed by atoms with Crippen molar-refractivity contribution in [1.82, 2.24) is 14.8 Å². The van der Waals surface area contributed by atoms with Crippen molar-refractivity contribution in [2.75, 3.05) is 26.2 Å². The summed E-state index contributed by atoms with van der Waals surface area (Å²) in [6, 6.07) is 12.2. The Balaban J connectivity index is 1.39. The van der Waals surface area contributed by atoms with Crippen molar-refractivity contribution < 1.29 is 4.79 Å². The molecule has 1 aromatic carbocycles. The Morgan fingerprint density at radius 3 is 2.70 bits per heavy atom. The summed E-state index contributed by atoms with van der Waals surface area (Å²) >= 11 is 1.52. The fourth-order valence-electron chi connectivity index (χ4n) is 3.17. The average Bonchev–Trinajstić information content (AvgIpc) is 3.25. The van der Waals surface area contributed by atoms with Crippen LogP contribution in [0.5, 0.6) is 0 Å². The van der Waals surface area contributed by atoms with E-state index in [4.69, 9.17) is 0 Å². The molecule has 0 spiro atoms. The van der Waals surface area contributed by atoms with E-state index in [9.17, 15) is 4.79 Å². The van der Waals surface area contributed by atoms with Crippen LogP contribution in [0.4, 0.5) is 0 Å². The predicted octanol–water partition coefficient (Wildman–Crippen LogP) is 3.19. The number of aromatic amines is 1. The highest BCUT2D eigenvalue weighted by atomic mass is 32.1. The van der Waals surface area contributed by atoms with Gasteiger partial charge in [-0.2, -0.15) is 0 Å². The Kier molecular flexibility index (Phi) is 3.89. The van der Waals surface area contributed by atoms with E-state index >= 15 is 0 Å². The molecule has 4 nitrogen and oxygen atoms in total. The van der Waals surface area contributed by atoms with Crippen molar-refractivity contribution in [2.45, 2.75) is 6.54 Å². The van der Waals surface area contributed by atoms with E-state index in [1.165, 1.54) is 27.8 Å². The number of nitrogens with one attached hydrogen (secondary N) is 1. The van der Waals surface area contributed by atoms with Gasteiger partial charge in [0.25, 0.3) is 5.91 Å². The highest BCUT2D eigenvalue weighted by molar-refractivity contribution is 7.12. The zero-order valence-corrected chi connectivity index (χ0v) is 13.7. The molecule has 0 radical (unpaired) electrons. The predicted molar refractivity (Wildman–Crippen MR) is 93.8 cm³/mol. The van der Waals surface area contributed by atoms with Crippen LogP contribution < -0.4 is 0 Å². The number of carbonyl (C=O) groups is 1. The molecule has 2 aromatic heterocycles. The second-order valence-corrected chi connectivity index (χ2v) is 6.85. The standard InChI is InChI=1S/C18H19N3OS/c22-18(17-6-3-11-23-17)21-9-7-20(8-10-21)13-14-12-19-16-5-2-1-4-15(14)16/h1-6,11-12,19H,7-10,13H2. The van der Waals surface area contributed by atoms with Crippen molar-refractivity contribution in [3.63, 3.8) is 0 Å². The lowest BCUT2D eigenvalue weighted by Crippen LogP contribution is -2.48. The normalized spacial score (nSPS) is 16.1. The van der Waals surface area contributed by atoms with Crippen LogP contribution in [-0.4, -0.2) is 46.9 Å². The highest BCUT2D eigenvalue weighted by Crippen LogP contribution is 2.20. The molecule has 23 heavy (non-hydrogen) atoms. The smallest absolute Gasteiger partial charge is 0.264 e. The molecule has 118 valence electrons. The number of piperazine rings is 1. The number of H-pyrrole nitrogens is 1. The molecule has 1 fully saturated rings. The minimum Gasteiger partial charge on any atom is -0.361 e. The molecule has 5 heteroatoms. The Labute approximate surface area is 139 Å². The van der Waals surface area contributed by atoms with E-state index in [2.05, 4.69) is 40.3 Å². The van der Waals surface area contributed by atoms with E-state index in [-0.39, 0.29) is 5.91 Å². The third kappa shape index (κ3) is 2.90. The Morgan fingerprint density at radius 2 is 1.91 bits per heavy atom. The van der Waals surface area contributed by atoms with Crippen molar-refractivity contribution in [1.29, 1.82) is 0 Å². The molecule has 0 bridgehead atoms. The van der Waals surface area contributed by atoms with Gasteiger partial charge in [-0.1, -0.05) is 24.3 Å². The highest BCUT2D eigenvalue weighted by Gasteiger charge is 2.23. The molecule has 1 N–H and O–H groups in total. The molecule has 1 amide bonds. The number of aromatic nitrogens is 1. The minimum atomic E-state index is 0.173. The van der Waals surface area contributed by atoms with Gasteiger partial charge in [0.05, 0.1) is 4.88 Å². The third-order valence-corrected chi connectivity index (χ3v) is 5.32. The van der Waals surface area contributed by atoms with Crippen LogP contribution in [0, 0.1) is 0 Å². The van der Waals surface area contributed by atoms with E-state index in [1.54, 1.807) is 0 Å². The maximum Gasteiger partial charge on any atom is 0.264 e. The van der Waals surface area contributed by atoms with Gasteiger partial charge in [-0.25, -0.2) is 0 Å². The molecule has 3 aromatic rings. The first-order chi connectivity index (χ1) is 11.3. The monoisotopic (exact) mass is 325 g/mol. The molecule has 1 saturated heterocycles. The molecule has 0 atom stereocenters. The largest absolute Gasteiger partial charge is 0.361 e. The maximum absolute atomic E-state index is 12.4. The molecule has 0 saturated carbocycles. The minimum absolute atomic E-state index is 0.173. The van der Waals surface area contributed by atoms with E-state index in [0.29, 0.717) is 0 Å². The summed E-state index contributed by atoms with van der Waals surface area (Å²) in [5, 5.41) is 3.25. The summed E-state index contributed by atoms with van der Waals surface area (Å²) in [4.78, 5) is 20.9. The Morgan fingerprint density at radius 1 is 1.09 bits per heavy atom. The molecule has 4 rings (SSSR count). The third-order valence-electron chi connectivity index (χ3n) is 4.46. The lowest BCUT2D eigenvalue weighted by Gasteiger charge is -2.34. The van der Waals surface area contributed by atoms with Gasteiger partial charge >= 0.3 is 0 Å². The molecule has 0 aliphatic carbocycles. The van der Waals surface area contributed by atoms with Crippen LogP contribution in [0.25, 0.3) is 10.9 Å². The van der Waals surface area contributed by atoms with Crippen LogP contribution in [0.2, 0.25) is 0 Å². The van der Waals surface area contributed by atoms with Crippen LogP contribution in [-0.2, 0) is 6.54 Å². The van der Waals surface area contributed by atoms with Gasteiger partial charge in [0, 0.05) is 49.8 Å². The number of para-hydroxylation sites is 1. The Hall–Kier alpha value is -2.11. The first kappa shape index (κ1) is 14.5. The second kappa shape index (κ2) is 6.18. The van der Waals surface area contributed by atoms with Crippen molar-refractivity contribution in [3.05, 3.63) is 58.4 Å². The molecular weight excluding hydrogens is 306 g/mol. The van der Waals surface area contributed by atoms with Crippen molar-refractivity contribution in [2.24, 2.45) is 0 Å². The number of carbonyl (C=O) groups excluding carboxylic acids is 1. The zero-order chi connectivity index (χ0) is 15.6. The number of thiophene rings is 1. The van der Waals surface area contributed by atoms with Crippen LogP contribution in [0.15, 0.2) is 48.0 Å². The quantitative estimate of drug-likeness (QED) is 0.803. The number of amides is 1. The lowest BCUT2D eigenvalue weighted by atomic mass is 10.1. The number of hydrogen-bond acceptors (Lipinski definition) is 3. The van der Waals surface area contributed by atoms with E-state index in [1.807, 2.05) is 22.4 Å². The molecular formula is C18H19N3OS. The average molecular weight is 325 g/mol. The fourth-order valence-corrected chi connectivity index (χ4v) is 3.86. The van der Waals surface area contributed by atoms with Gasteiger partial charge in [-0.15, -0.1) is 11.3 Å². The fraction of sp³-hybridized carbons (Fsp3) is 0.278. The summed E-state index contributed by atoms with van der Waals surface area (Å²) < 4.78 is 0. The van der Waals surface area contributed by atoms with Gasteiger partial charge in [0.2, 0.25) is 0 Å². The molecule has 0 unspecified atom stereocenters. The van der Waals surface area contributed by atoms with Crippen LogP contribution >= 0.6 is 11.3 Å². The summed E-state index contributed by atoms with van der Waals surface area (Å²) in [6.45, 7) is 4.40. The van der Waals surface area contributed by atoms with Gasteiger partial charge in [-0.05, 0) is 23.1 Å². The van der Waals surface area contributed by atoms with E-state index in [0.717, 1.165) is 37.6 Å². The van der Waals surface area contributed by atoms with E-state index < -0.39 is 0 Å². The SMILES string of the molecule is O=C(c1cccs1)N1CCN(Cc2c[nH]c3ccccc23)CC1. The van der Waals surface area contributed by atoms with Crippen LogP contribution in [0.3, 0.4) is 0 Å². The second-order valence-electron chi connectivity index (χ2n) is 5.91. The summed E-state index contributed by atoms with van der Waals surface area (Å²) in [5.41, 5.74) is 2.52. The summed E-state index contributed by atoms with van der Waals surface area (Å²) in [7, 11) is 0. The number of rotatable bonds is 3. The topological polar surface area (TPSA) is 39.3 Å². The first-order valence-electron chi connectivity index (χ1n) is 7.91. The van der Waals surface area contributed by atoms with Crippen LogP contribution in [0.1, 0.15) is 15.2 Å². The number of benzene rings is 1. The molecule has 1 aliphatic heterocycles. The number of hydrogen-bond donors (Lipinski definition) is 1. The van der Waals surface area contributed by atoms with Gasteiger partial charge in [0.15, 0.2) is 0 Å². The summed E-state index contributed by atoms with van der Waals surface area (Å²) in [5.74, 6) is 0.173. The Bertz CT molecular complexity index is 801. The van der Waals surface area contributed by atoms with Crippen molar-refractivity contribution >= 4 is 28.1 Å². The van der Waals surface area contributed by atoms with Gasteiger partial charge in [-0.3, -0.25) is 9.69 Å².